The van der Waals surface area contributed by atoms with E-state index in [4.69, 9.17) is 0 Å². The molecule has 0 aliphatic heterocycles. The predicted molar refractivity (Wildman–Crippen MR) is 137 cm³/mol. The van der Waals surface area contributed by atoms with Crippen LogP contribution >= 0.6 is 7.26 Å². The highest BCUT2D eigenvalue weighted by atomic mass is 127. The van der Waals surface area contributed by atoms with Crippen LogP contribution in [0.5, 0.6) is 0 Å². The van der Waals surface area contributed by atoms with Crippen LogP contribution in [0.25, 0.3) is 0 Å². The van der Waals surface area contributed by atoms with Crippen LogP contribution in [0.3, 0.4) is 0 Å². The quantitative estimate of drug-likeness (QED) is 0.169. The van der Waals surface area contributed by atoms with E-state index in [2.05, 4.69) is 97.9 Å². The second-order valence-electron chi connectivity index (χ2n) is 8.37. The van der Waals surface area contributed by atoms with Crippen molar-refractivity contribution in [1.82, 2.24) is 0 Å². The third kappa shape index (κ3) is 7.43. The second-order valence-corrected chi connectivity index (χ2v) is 12.0. The SMILES string of the molecule is CCCCCCCCCCC[P+](c1ccccc1)(c1ccccc1)c1ccccc1.[I-]. The molecule has 166 valence electrons. The molecule has 0 fully saturated rings. The van der Waals surface area contributed by atoms with Gasteiger partial charge in [0.25, 0.3) is 0 Å². The molecule has 31 heavy (non-hydrogen) atoms. The van der Waals surface area contributed by atoms with Gasteiger partial charge in [-0.1, -0.05) is 106 Å². The summed E-state index contributed by atoms with van der Waals surface area (Å²) in [6.07, 6.45) is 13.7. The molecule has 0 nitrogen and oxygen atoms in total. The number of hydrogen-bond acceptors (Lipinski definition) is 0. The van der Waals surface area contributed by atoms with Gasteiger partial charge in [-0.05, 0) is 49.2 Å². The van der Waals surface area contributed by atoms with Crippen LogP contribution in [-0.4, -0.2) is 6.16 Å². The van der Waals surface area contributed by atoms with E-state index >= 15 is 0 Å². The van der Waals surface area contributed by atoms with E-state index in [1.54, 1.807) is 0 Å². The van der Waals surface area contributed by atoms with Crippen molar-refractivity contribution in [1.29, 1.82) is 0 Å². The third-order valence-electron chi connectivity index (χ3n) is 6.19. The Bertz CT molecular complexity index is 720. The van der Waals surface area contributed by atoms with Crippen molar-refractivity contribution < 1.29 is 24.0 Å². The van der Waals surface area contributed by atoms with Gasteiger partial charge >= 0.3 is 0 Å². The van der Waals surface area contributed by atoms with Crippen molar-refractivity contribution in [2.75, 3.05) is 6.16 Å². The third-order valence-corrected chi connectivity index (χ3v) is 10.7. The summed E-state index contributed by atoms with van der Waals surface area (Å²) in [7, 11) is -1.62. The van der Waals surface area contributed by atoms with Crippen molar-refractivity contribution >= 4 is 23.2 Å². The van der Waals surface area contributed by atoms with Crippen LogP contribution in [0.4, 0.5) is 0 Å². The van der Waals surface area contributed by atoms with Crippen LogP contribution in [0, 0.1) is 0 Å². The highest BCUT2D eigenvalue weighted by Crippen LogP contribution is 2.55. The van der Waals surface area contributed by atoms with Gasteiger partial charge in [0.15, 0.2) is 0 Å². The molecule has 0 unspecified atom stereocenters. The zero-order chi connectivity index (χ0) is 20.9. The minimum absolute atomic E-state index is 0. The monoisotopic (exact) mass is 544 g/mol. The fraction of sp³-hybridized carbons (Fsp3) is 0.379. The minimum atomic E-state index is -1.62. The first-order chi connectivity index (χ1) is 14.9. The lowest BCUT2D eigenvalue weighted by Crippen LogP contribution is -3.00. The molecular weight excluding hydrogens is 506 g/mol. The number of rotatable bonds is 13. The summed E-state index contributed by atoms with van der Waals surface area (Å²) in [6.45, 7) is 2.29. The Morgan fingerprint density at radius 3 is 1.13 bits per heavy atom. The molecular formula is C29H38IP. The first-order valence-corrected chi connectivity index (χ1v) is 13.9. The molecule has 0 aromatic heterocycles. The van der Waals surface area contributed by atoms with Crippen LogP contribution in [-0.2, 0) is 0 Å². The molecule has 0 saturated carbocycles. The predicted octanol–water partition coefficient (Wildman–Crippen LogP) is 4.52. The van der Waals surface area contributed by atoms with Crippen LogP contribution in [0.15, 0.2) is 91.0 Å². The summed E-state index contributed by atoms with van der Waals surface area (Å²) in [5.74, 6) is 0. The lowest BCUT2D eigenvalue weighted by molar-refractivity contribution is -0.00000609. The molecule has 0 aliphatic carbocycles. The molecule has 0 N–H and O–H groups in total. The first-order valence-electron chi connectivity index (χ1n) is 11.9. The molecule has 0 atom stereocenters. The van der Waals surface area contributed by atoms with Crippen molar-refractivity contribution in [2.45, 2.75) is 64.7 Å². The first kappa shape index (κ1) is 26.1. The van der Waals surface area contributed by atoms with Crippen molar-refractivity contribution in [3.05, 3.63) is 91.0 Å². The second kappa shape index (κ2) is 14.8. The Labute approximate surface area is 208 Å². The van der Waals surface area contributed by atoms with Gasteiger partial charge in [-0.2, -0.15) is 0 Å². The molecule has 3 aromatic carbocycles. The van der Waals surface area contributed by atoms with Gasteiger partial charge in [0.2, 0.25) is 0 Å². The van der Waals surface area contributed by atoms with Gasteiger partial charge in [0.1, 0.15) is 23.2 Å². The van der Waals surface area contributed by atoms with Gasteiger partial charge in [-0.25, -0.2) is 0 Å². The van der Waals surface area contributed by atoms with E-state index in [0.29, 0.717) is 0 Å². The molecule has 0 aliphatic rings. The normalized spacial score (nSPS) is 11.1. The Kier molecular flexibility index (Phi) is 12.4. The Balaban J connectivity index is 0.00000341. The van der Waals surface area contributed by atoms with Gasteiger partial charge in [0.05, 0.1) is 6.16 Å². The van der Waals surface area contributed by atoms with Crippen molar-refractivity contribution in [3.8, 4) is 0 Å². The lowest BCUT2D eigenvalue weighted by atomic mass is 10.1. The van der Waals surface area contributed by atoms with E-state index in [0.717, 1.165) is 0 Å². The van der Waals surface area contributed by atoms with Crippen molar-refractivity contribution in [3.63, 3.8) is 0 Å². The van der Waals surface area contributed by atoms with E-state index in [1.165, 1.54) is 79.9 Å². The summed E-state index contributed by atoms with van der Waals surface area (Å²) >= 11 is 0. The highest BCUT2D eigenvalue weighted by Gasteiger charge is 2.44. The van der Waals surface area contributed by atoms with E-state index in [-0.39, 0.29) is 24.0 Å². The molecule has 0 spiro atoms. The van der Waals surface area contributed by atoms with Crippen LogP contribution < -0.4 is 39.9 Å². The molecule has 2 heteroatoms. The Morgan fingerprint density at radius 1 is 0.452 bits per heavy atom. The van der Waals surface area contributed by atoms with Gasteiger partial charge < -0.3 is 24.0 Å². The average Bonchev–Trinajstić information content (AvgIpc) is 2.82. The number of unbranched alkanes of at least 4 members (excludes halogenated alkanes) is 8. The number of halogens is 1. The molecule has 0 heterocycles. The highest BCUT2D eigenvalue weighted by molar-refractivity contribution is 7.95. The maximum Gasteiger partial charge on any atom is 0.112 e. The average molecular weight is 545 g/mol. The van der Waals surface area contributed by atoms with Gasteiger partial charge in [-0.3, -0.25) is 0 Å². The Morgan fingerprint density at radius 2 is 0.774 bits per heavy atom. The zero-order valence-electron chi connectivity index (χ0n) is 19.1. The maximum atomic E-state index is 2.36. The lowest BCUT2D eigenvalue weighted by Gasteiger charge is -2.27. The molecule has 3 rings (SSSR count). The van der Waals surface area contributed by atoms with Crippen molar-refractivity contribution in [2.24, 2.45) is 0 Å². The fourth-order valence-electron chi connectivity index (χ4n) is 4.54. The summed E-state index contributed by atoms with van der Waals surface area (Å²) in [5.41, 5.74) is 0. The molecule has 0 amide bonds. The largest absolute Gasteiger partial charge is 1.00 e. The summed E-state index contributed by atoms with van der Waals surface area (Å²) < 4.78 is 0. The smallest absolute Gasteiger partial charge is 0.112 e. The molecule has 0 bridgehead atoms. The molecule has 0 radical (unpaired) electrons. The number of hydrogen-bond donors (Lipinski definition) is 0. The summed E-state index contributed by atoms with van der Waals surface area (Å²) in [4.78, 5) is 0. The molecule has 0 saturated heterocycles. The molecule has 3 aromatic rings. The minimum Gasteiger partial charge on any atom is -1.00 e. The Hall–Kier alpha value is -1.18. The van der Waals surface area contributed by atoms with E-state index < -0.39 is 7.26 Å². The van der Waals surface area contributed by atoms with E-state index in [9.17, 15) is 0 Å². The van der Waals surface area contributed by atoms with Crippen LogP contribution in [0.2, 0.25) is 0 Å². The zero-order valence-corrected chi connectivity index (χ0v) is 22.1. The van der Waals surface area contributed by atoms with Gasteiger partial charge in [-0.15, -0.1) is 0 Å². The van der Waals surface area contributed by atoms with Crippen LogP contribution in [0.1, 0.15) is 64.7 Å². The fourth-order valence-corrected chi connectivity index (χ4v) is 8.95. The summed E-state index contributed by atoms with van der Waals surface area (Å²) in [6, 6.07) is 33.9. The van der Waals surface area contributed by atoms with E-state index in [1.807, 2.05) is 0 Å². The topological polar surface area (TPSA) is 0 Å². The number of benzene rings is 3. The van der Waals surface area contributed by atoms with Gasteiger partial charge in [0, 0.05) is 0 Å². The summed E-state index contributed by atoms with van der Waals surface area (Å²) in [5, 5.41) is 4.55. The standard InChI is InChI=1S/C29H38P.HI/c1-2-3-4-5-6-7-8-9-19-26-30(27-20-13-10-14-21-27,28-22-15-11-16-23-28)29-24-17-12-18-25-29;/h10-18,20-25H,2-9,19,26H2,1H3;1H/q+1;/p-1. The maximum absolute atomic E-state index is 2.36.